The highest BCUT2D eigenvalue weighted by atomic mass is 32.2. The number of rotatable bonds is 4. The Morgan fingerprint density at radius 2 is 1.91 bits per heavy atom. The Morgan fingerprint density at radius 1 is 1.18 bits per heavy atom. The summed E-state index contributed by atoms with van der Waals surface area (Å²) in [5, 5.41) is 0. The Morgan fingerprint density at radius 3 is 2.59 bits per heavy atom. The molecule has 1 aromatic carbocycles. The van der Waals surface area contributed by atoms with E-state index >= 15 is 0 Å². The molecule has 0 saturated carbocycles. The molecule has 1 saturated heterocycles. The Kier molecular flexibility index (Phi) is 4.80. The number of nitrogen functional groups attached to an aromatic ring is 1. The van der Waals surface area contributed by atoms with E-state index in [-0.39, 0.29) is 0 Å². The third kappa shape index (κ3) is 3.51. The van der Waals surface area contributed by atoms with E-state index in [0.717, 1.165) is 60.6 Å². The van der Waals surface area contributed by atoms with Gasteiger partial charge in [-0.15, -0.1) is 0 Å². The van der Waals surface area contributed by atoms with Crippen molar-refractivity contribution < 1.29 is 4.74 Å². The van der Waals surface area contributed by atoms with Gasteiger partial charge in [0, 0.05) is 36.2 Å². The highest BCUT2D eigenvalue weighted by Gasteiger charge is 2.15. The Hall–Kier alpha value is -1.79. The van der Waals surface area contributed by atoms with Crippen molar-refractivity contribution in [2.45, 2.75) is 5.75 Å². The Labute approximate surface area is 134 Å². The molecule has 1 aliphatic heterocycles. The monoisotopic (exact) mass is 316 g/mol. The Balaban J connectivity index is 1.97. The minimum Gasteiger partial charge on any atom is -0.399 e. The summed E-state index contributed by atoms with van der Waals surface area (Å²) in [5.41, 5.74) is 8.55. The van der Waals surface area contributed by atoms with Crippen molar-refractivity contribution in [3.8, 4) is 11.4 Å². The molecule has 1 aliphatic rings. The fraction of sp³-hybridized carbons (Fsp3) is 0.375. The Bertz CT molecular complexity index is 627. The molecule has 3 rings (SSSR count). The molecule has 2 heterocycles. The van der Waals surface area contributed by atoms with Gasteiger partial charge in [-0.2, -0.15) is 11.8 Å². The van der Waals surface area contributed by atoms with E-state index in [2.05, 4.69) is 22.2 Å². The molecule has 1 fully saturated rings. The molecule has 1 aromatic heterocycles. The van der Waals surface area contributed by atoms with Crippen LogP contribution in [0.3, 0.4) is 0 Å². The predicted octanol–water partition coefficient (Wildman–Crippen LogP) is 2.43. The lowest BCUT2D eigenvalue weighted by molar-refractivity contribution is 0.122. The summed E-state index contributed by atoms with van der Waals surface area (Å²) in [6.45, 7) is 3.24. The fourth-order valence-corrected chi connectivity index (χ4v) is 2.86. The molecule has 0 spiro atoms. The minimum absolute atomic E-state index is 0.748. The van der Waals surface area contributed by atoms with Crippen molar-refractivity contribution >= 4 is 23.3 Å². The van der Waals surface area contributed by atoms with Crippen LogP contribution < -0.4 is 10.6 Å². The summed E-state index contributed by atoms with van der Waals surface area (Å²) < 4.78 is 5.42. The van der Waals surface area contributed by atoms with E-state index in [0.29, 0.717) is 0 Å². The van der Waals surface area contributed by atoms with Gasteiger partial charge in [-0.05, 0) is 30.5 Å². The highest BCUT2D eigenvalue weighted by Crippen LogP contribution is 2.23. The van der Waals surface area contributed by atoms with Crippen molar-refractivity contribution in [1.82, 2.24) is 9.97 Å². The topological polar surface area (TPSA) is 64.3 Å². The largest absolute Gasteiger partial charge is 0.399 e. The molecular weight excluding hydrogens is 296 g/mol. The molecular formula is C16H20N4OS. The van der Waals surface area contributed by atoms with Gasteiger partial charge in [0.15, 0.2) is 5.82 Å². The van der Waals surface area contributed by atoms with Gasteiger partial charge in [0.25, 0.3) is 0 Å². The number of aromatic nitrogens is 2. The number of hydrogen-bond acceptors (Lipinski definition) is 6. The van der Waals surface area contributed by atoms with Crippen LogP contribution in [0.15, 0.2) is 30.3 Å². The highest BCUT2D eigenvalue weighted by molar-refractivity contribution is 7.97. The van der Waals surface area contributed by atoms with Crippen molar-refractivity contribution in [2.24, 2.45) is 0 Å². The van der Waals surface area contributed by atoms with Gasteiger partial charge in [0.2, 0.25) is 0 Å². The lowest BCUT2D eigenvalue weighted by atomic mass is 10.2. The van der Waals surface area contributed by atoms with Crippen molar-refractivity contribution in [3.05, 3.63) is 36.0 Å². The number of nitrogens with two attached hydrogens (primary N) is 1. The third-order valence-corrected chi connectivity index (χ3v) is 4.15. The number of benzene rings is 1. The van der Waals surface area contributed by atoms with E-state index in [1.807, 2.05) is 24.3 Å². The molecule has 116 valence electrons. The molecule has 22 heavy (non-hydrogen) atoms. The first-order valence-electron chi connectivity index (χ1n) is 7.32. The van der Waals surface area contributed by atoms with Gasteiger partial charge < -0.3 is 15.4 Å². The van der Waals surface area contributed by atoms with Crippen LogP contribution in [-0.4, -0.2) is 42.5 Å². The standard InChI is InChI=1S/C16H20N4OS/c1-22-11-14-10-15(20-6-8-21-9-7-20)19-16(18-14)12-2-4-13(17)5-3-12/h2-5,10H,6-9,11,17H2,1H3. The van der Waals surface area contributed by atoms with Gasteiger partial charge >= 0.3 is 0 Å². The fourth-order valence-electron chi connectivity index (χ4n) is 2.42. The van der Waals surface area contributed by atoms with Gasteiger partial charge in [0.05, 0.1) is 18.9 Å². The number of thioether (sulfide) groups is 1. The minimum atomic E-state index is 0.748. The molecule has 2 N–H and O–H groups in total. The van der Waals surface area contributed by atoms with Crippen molar-refractivity contribution in [2.75, 3.05) is 43.2 Å². The van der Waals surface area contributed by atoms with E-state index < -0.39 is 0 Å². The molecule has 0 amide bonds. The molecule has 0 aliphatic carbocycles. The van der Waals surface area contributed by atoms with Crippen LogP contribution in [0, 0.1) is 0 Å². The van der Waals surface area contributed by atoms with Crippen LogP contribution >= 0.6 is 11.8 Å². The summed E-state index contributed by atoms with van der Waals surface area (Å²) >= 11 is 1.76. The SMILES string of the molecule is CSCc1cc(N2CCOCC2)nc(-c2ccc(N)cc2)n1. The molecule has 0 radical (unpaired) electrons. The summed E-state index contributed by atoms with van der Waals surface area (Å²) in [5.74, 6) is 2.61. The second kappa shape index (κ2) is 6.98. The van der Waals surface area contributed by atoms with Crippen molar-refractivity contribution in [1.29, 1.82) is 0 Å². The number of hydrogen-bond donors (Lipinski definition) is 1. The normalized spacial score (nSPS) is 15.0. The van der Waals surface area contributed by atoms with Crippen molar-refractivity contribution in [3.63, 3.8) is 0 Å². The first kappa shape index (κ1) is 15.1. The molecule has 0 bridgehead atoms. The number of morpholine rings is 1. The van der Waals surface area contributed by atoms with Gasteiger partial charge in [0.1, 0.15) is 5.82 Å². The van der Waals surface area contributed by atoms with E-state index in [4.69, 9.17) is 15.5 Å². The zero-order valence-electron chi connectivity index (χ0n) is 12.7. The second-order valence-corrected chi connectivity index (χ2v) is 6.06. The smallest absolute Gasteiger partial charge is 0.161 e. The summed E-state index contributed by atoms with van der Waals surface area (Å²) in [6.07, 6.45) is 2.08. The van der Waals surface area contributed by atoms with Crippen LogP contribution in [0.25, 0.3) is 11.4 Å². The third-order valence-electron chi connectivity index (χ3n) is 3.56. The van der Waals surface area contributed by atoms with E-state index in [1.165, 1.54) is 0 Å². The van der Waals surface area contributed by atoms with Crippen LogP contribution in [0.4, 0.5) is 11.5 Å². The van der Waals surface area contributed by atoms with E-state index in [1.54, 1.807) is 11.8 Å². The molecule has 5 nitrogen and oxygen atoms in total. The maximum Gasteiger partial charge on any atom is 0.161 e. The van der Waals surface area contributed by atoms with Crippen LogP contribution in [0.1, 0.15) is 5.69 Å². The second-order valence-electron chi connectivity index (χ2n) is 5.20. The predicted molar refractivity (Wildman–Crippen MR) is 92.1 cm³/mol. The zero-order valence-corrected chi connectivity index (χ0v) is 13.5. The quantitative estimate of drug-likeness (QED) is 0.874. The number of ether oxygens (including phenoxy) is 1. The molecule has 6 heteroatoms. The molecule has 0 atom stereocenters. The summed E-state index contributed by atoms with van der Waals surface area (Å²) in [7, 11) is 0. The zero-order chi connectivity index (χ0) is 15.4. The van der Waals surface area contributed by atoms with Gasteiger partial charge in [-0.1, -0.05) is 0 Å². The van der Waals surface area contributed by atoms with Gasteiger partial charge in [-0.3, -0.25) is 0 Å². The number of nitrogens with zero attached hydrogens (tertiary/aromatic N) is 3. The number of anilines is 2. The lowest BCUT2D eigenvalue weighted by Crippen LogP contribution is -2.37. The summed E-state index contributed by atoms with van der Waals surface area (Å²) in [4.78, 5) is 11.7. The first-order chi connectivity index (χ1) is 10.8. The van der Waals surface area contributed by atoms with Crippen LogP contribution in [0.2, 0.25) is 0 Å². The molecule has 0 unspecified atom stereocenters. The maximum atomic E-state index is 5.76. The summed E-state index contributed by atoms with van der Waals surface area (Å²) in [6, 6.07) is 9.79. The maximum absolute atomic E-state index is 5.76. The van der Waals surface area contributed by atoms with Crippen LogP contribution in [-0.2, 0) is 10.5 Å². The average molecular weight is 316 g/mol. The first-order valence-corrected chi connectivity index (χ1v) is 8.71. The molecule has 2 aromatic rings. The van der Waals surface area contributed by atoms with E-state index in [9.17, 15) is 0 Å². The van der Waals surface area contributed by atoms with Gasteiger partial charge in [-0.25, -0.2) is 9.97 Å². The lowest BCUT2D eigenvalue weighted by Gasteiger charge is -2.28. The average Bonchev–Trinajstić information content (AvgIpc) is 2.56. The van der Waals surface area contributed by atoms with Crippen LogP contribution in [0.5, 0.6) is 0 Å².